The standard InChI is InChI=1S/C24H23F3N4OS/c25-24(26,27)17-4-3-5-18(14-17)30-10-12-31(13-11-30)21(32)15-33-23-19-6-1-2-7-20(19)28-22(29-23)16-8-9-16/h1-7,14,16H,8-13,15H2. The predicted molar refractivity (Wildman–Crippen MR) is 122 cm³/mol. The van der Waals surface area contributed by atoms with E-state index in [1.165, 1.54) is 23.9 Å². The van der Waals surface area contributed by atoms with E-state index in [1.807, 2.05) is 29.2 Å². The molecule has 0 bridgehead atoms. The number of fused-ring (bicyclic) bond motifs is 1. The Morgan fingerprint density at radius 1 is 1.00 bits per heavy atom. The molecule has 2 aliphatic rings. The van der Waals surface area contributed by atoms with E-state index < -0.39 is 11.7 Å². The van der Waals surface area contributed by atoms with E-state index in [0.717, 1.165) is 40.7 Å². The van der Waals surface area contributed by atoms with Crippen LogP contribution in [-0.4, -0.2) is 52.7 Å². The van der Waals surface area contributed by atoms with Crippen LogP contribution >= 0.6 is 11.8 Å². The molecule has 1 saturated heterocycles. The first kappa shape index (κ1) is 22.0. The van der Waals surface area contributed by atoms with Crippen molar-refractivity contribution in [2.45, 2.75) is 30.0 Å². The van der Waals surface area contributed by atoms with Crippen molar-refractivity contribution in [1.82, 2.24) is 14.9 Å². The van der Waals surface area contributed by atoms with Gasteiger partial charge in [0.2, 0.25) is 5.91 Å². The minimum Gasteiger partial charge on any atom is -0.368 e. The van der Waals surface area contributed by atoms with Crippen molar-refractivity contribution in [1.29, 1.82) is 0 Å². The van der Waals surface area contributed by atoms with Gasteiger partial charge < -0.3 is 9.80 Å². The molecule has 9 heteroatoms. The van der Waals surface area contributed by atoms with E-state index in [1.54, 1.807) is 11.0 Å². The average molecular weight is 473 g/mol. The number of carbonyl (C=O) groups is 1. The van der Waals surface area contributed by atoms with E-state index in [-0.39, 0.29) is 11.7 Å². The number of hydrogen-bond donors (Lipinski definition) is 0. The lowest BCUT2D eigenvalue weighted by molar-refractivity contribution is -0.137. The van der Waals surface area contributed by atoms with Crippen molar-refractivity contribution < 1.29 is 18.0 Å². The summed E-state index contributed by atoms with van der Waals surface area (Å²) in [6, 6.07) is 13.2. The third-order valence-electron chi connectivity index (χ3n) is 6.03. The molecule has 0 N–H and O–H groups in total. The zero-order valence-electron chi connectivity index (χ0n) is 17.9. The first-order valence-electron chi connectivity index (χ1n) is 11.0. The fraction of sp³-hybridized carbons (Fsp3) is 0.375. The van der Waals surface area contributed by atoms with Crippen molar-refractivity contribution in [3.63, 3.8) is 0 Å². The van der Waals surface area contributed by atoms with Gasteiger partial charge in [0.25, 0.3) is 0 Å². The molecule has 1 amide bonds. The Labute approximate surface area is 194 Å². The minimum atomic E-state index is -4.37. The number of piperazine rings is 1. The highest BCUT2D eigenvalue weighted by Gasteiger charge is 2.31. The summed E-state index contributed by atoms with van der Waals surface area (Å²) >= 11 is 1.43. The van der Waals surface area contributed by atoms with Gasteiger partial charge in [0, 0.05) is 43.2 Å². The van der Waals surface area contributed by atoms with Gasteiger partial charge in [0.05, 0.1) is 16.8 Å². The first-order chi connectivity index (χ1) is 15.9. The number of alkyl halides is 3. The van der Waals surface area contributed by atoms with Gasteiger partial charge in [0.1, 0.15) is 10.9 Å². The number of para-hydroxylation sites is 1. The molecule has 1 aromatic heterocycles. The van der Waals surface area contributed by atoms with Crippen molar-refractivity contribution >= 4 is 34.3 Å². The fourth-order valence-electron chi connectivity index (χ4n) is 4.01. The Morgan fingerprint density at radius 3 is 2.48 bits per heavy atom. The van der Waals surface area contributed by atoms with Crippen LogP contribution in [0.5, 0.6) is 0 Å². The Kier molecular flexibility index (Phi) is 5.90. The Hall–Kier alpha value is -2.81. The molecule has 172 valence electrons. The molecule has 2 heterocycles. The van der Waals surface area contributed by atoms with Gasteiger partial charge >= 0.3 is 6.18 Å². The number of thioether (sulfide) groups is 1. The quantitative estimate of drug-likeness (QED) is 0.388. The molecular formula is C24H23F3N4OS. The second kappa shape index (κ2) is 8.85. The Morgan fingerprint density at radius 2 is 1.76 bits per heavy atom. The summed E-state index contributed by atoms with van der Waals surface area (Å²) in [7, 11) is 0. The van der Waals surface area contributed by atoms with Crippen LogP contribution in [0.1, 0.15) is 30.1 Å². The van der Waals surface area contributed by atoms with Crippen molar-refractivity contribution in [3.05, 3.63) is 59.9 Å². The molecule has 1 saturated carbocycles. The lowest BCUT2D eigenvalue weighted by atomic mass is 10.1. The minimum absolute atomic E-state index is 0.0133. The number of nitrogens with zero attached hydrogens (tertiary/aromatic N) is 4. The van der Waals surface area contributed by atoms with Gasteiger partial charge in [-0.25, -0.2) is 9.97 Å². The predicted octanol–water partition coefficient (Wildman–Crippen LogP) is 4.97. The summed E-state index contributed by atoms with van der Waals surface area (Å²) in [4.78, 5) is 26.0. The van der Waals surface area contributed by atoms with Crippen LogP contribution in [-0.2, 0) is 11.0 Å². The third kappa shape index (κ3) is 4.93. The fourth-order valence-corrected chi connectivity index (χ4v) is 4.94. The van der Waals surface area contributed by atoms with Crippen LogP contribution in [0.3, 0.4) is 0 Å². The van der Waals surface area contributed by atoms with Crippen LogP contribution < -0.4 is 4.90 Å². The number of halogens is 3. The normalized spacial score (nSPS) is 16.9. The second-order valence-electron chi connectivity index (χ2n) is 8.38. The van der Waals surface area contributed by atoms with Gasteiger partial charge in [-0.2, -0.15) is 13.2 Å². The maximum atomic E-state index is 13.0. The number of amides is 1. The highest BCUT2D eigenvalue weighted by Crippen LogP contribution is 2.40. The third-order valence-corrected chi connectivity index (χ3v) is 7.01. The molecular weight excluding hydrogens is 449 g/mol. The summed E-state index contributed by atoms with van der Waals surface area (Å²) in [5.41, 5.74) is 0.781. The lowest BCUT2D eigenvalue weighted by Gasteiger charge is -2.36. The lowest BCUT2D eigenvalue weighted by Crippen LogP contribution is -2.49. The van der Waals surface area contributed by atoms with Crippen molar-refractivity contribution in [2.75, 3.05) is 36.8 Å². The number of carbonyl (C=O) groups excluding carboxylic acids is 1. The maximum Gasteiger partial charge on any atom is 0.416 e. The van der Waals surface area contributed by atoms with Crippen molar-refractivity contribution in [3.8, 4) is 0 Å². The van der Waals surface area contributed by atoms with Crippen LogP contribution in [0.4, 0.5) is 18.9 Å². The number of rotatable bonds is 5. The zero-order valence-corrected chi connectivity index (χ0v) is 18.7. The monoisotopic (exact) mass is 472 g/mol. The zero-order chi connectivity index (χ0) is 23.0. The second-order valence-corrected chi connectivity index (χ2v) is 9.35. The molecule has 0 spiro atoms. The molecule has 33 heavy (non-hydrogen) atoms. The molecule has 0 radical (unpaired) electrons. The van der Waals surface area contributed by atoms with Crippen LogP contribution in [0, 0.1) is 0 Å². The Bertz CT molecular complexity index is 1170. The van der Waals surface area contributed by atoms with Crippen LogP contribution in [0.25, 0.3) is 10.9 Å². The Balaban J connectivity index is 1.21. The summed E-state index contributed by atoms with van der Waals surface area (Å²) in [6.45, 7) is 1.96. The highest BCUT2D eigenvalue weighted by molar-refractivity contribution is 8.00. The van der Waals surface area contributed by atoms with Crippen LogP contribution in [0.2, 0.25) is 0 Å². The summed E-state index contributed by atoms with van der Waals surface area (Å²) in [5, 5.41) is 1.78. The van der Waals surface area contributed by atoms with Crippen LogP contribution in [0.15, 0.2) is 53.6 Å². The van der Waals surface area contributed by atoms with E-state index in [2.05, 4.69) is 4.98 Å². The van der Waals surface area contributed by atoms with Gasteiger partial charge in [-0.3, -0.25) is 4.79 Å². The van der Waals surface area contributed by atoms with Gasteiger partial charge in [-0.1, -0.05) is 36.0 Å². The van der Waals surface area contributed by atoms with E-state index in [9.17, 15) is 18.0 Å². The summed E-state index contributed by atoms with van der Waals surface area (Å²) < 4.78 is 39.0. The largest absolute Gasteiger partial charge is 0.416 e. The molecule has 1 aliphatic heterocycles. The SMILES string of the molecule is O=C(CSc1nc(C2CC2)nc2ccccc12)N1CCN(c2cccc(C(F)(F)F)c2)CC1. The first-order valence-corrected chi connectivity index (χ1v) is 12.0. The number of hydrogen-bond acceptors (Lipinski definition) is 5. The van der Waals surface area contributed by atoms with Gasteiger partial charge in [-0.05, 0) is 37.1 Å². The molecule has 3 aromatic rings. The molecule has 1 aliphatic carbocycles. The molecule has 0 unspecified atom stereocenters. The average Bonchev–Trinajstić information content (AvgIpc) is 3.67. The maximum absolute atomic E-state index is 13.0. The summed E-state index contributed by atoms with van der Waals surface area (Å²) in [5.74, 6) is 1.57. The molecule has 0 atom stereocenters. The van der Waals surface area contributed by atoms with Gasteiger partial charge in [-0.15, -0.1) is 0 Å². The molecule has 5 nitrogen and oxygen atoms in total. The molecule has 2 aromatic carbocycles. The highest BCUT2D eigenvalue weighted by atomic mass is 32.2. The number of benzene rings is 2. The van der Waals surface area contributed by atoms with Crippen molar-refractivity contribution in [2.24, 2.45) is 0 Å². The molecule has 2 fully saturated rings. The van der Waals surface area contributed by atoms with E-state index in [0.29, 0.717) is 37.8 Å². The topological polar surface area (TPSA) is 49.3 Å². The van der Waals surface area contributed by atoms with Gasteiger partial charge in [0.15, 0.2) is 0 Å². The van der Waals surface area contributed by atoms with E-state index in [4.69, 9.17) is 4.98 Å². The number of anilines is 1. The number of aromatic nitrogens is 2. The summed E-state index contributed by atoms with van der Waals surface area (Å²) in [6.07, 6.45) is -2.15. The smallest absolute Gasteiger partial charge is 0.368 e. The molecule has 5 rings (SSSR count). The van der Waals surface area contributed by atoms with E-state index >= 15 is 0 Å².